The van der Waals surface area contributed by atoms with Crippen LogP contribution < -0.4 is 10.2 Å². The van der Waals surface area contributed by atoms with Crippen LogP contribution in [0.2, 0.25) is 0 Å². The summed E-state index contributed by atoms with van der Waals surface area (Å²) in [5.74, 6) is 2.45. The molecule has 2 rings (SSSR count). The van der Waals surface area contributed by atoms with Crippen LogP contribution in [0.5, 0.6) is 5.75 Å². The summed E-state index contributed by atoms with van der Waals surface area (Å²) in [7, 11) is 0. The second-order valence-corrected chi connectivity index (χ2v) is 5.97. The van der Waals surface area contributed by atoms with E-state index in [0.717, 1.165) is 37.0 Å². The van der Waals surface area contributed by atoms with E-state index in [2.05, 4.69) is 28.1 Å². The normalized spacial score (nSPS) is 18.7. The van der Waals surface area contributed by atoms with Crippen molar-refractivity contribution in [3.8, 4) is 18.1 Å². The SMILES string of the molecule is C#C/C(=N\Nc1ccc(OC(F)(F)C(F)(F)F)cc1)C1=CCC(C)CC1. The first-order valence-electron chi connectivity index (χ1n) is 7.85. The third-order valence-corrected chi connectivity index (χ3v) is 3.84. The maximum absolute atomic E-state index is 12.8. The van der Waals surface area contributed by atoms with Gasteiger partial charge in [-0.15, -0.1) is 6.42 Å². The minimum atomic E-state index is -5.79. The number of terminal acetylenes is 1. The summed E-state index contributed by atoms with van der Waals surface area (Å²) in [5.41, 5.74) is 4.41. The molecule has 1 N–H and O–H groups in total. The van der Waals surface area contributed by atoms with Crippen LogP contribution in [0.3, 0.4) is 0 Å². The lowest BCUT2D eigenvalue weighted by atomic mass is 9.89. The number of benzene rings is 1. The first kappa shape index (κ1) is 19.8. The quantitative estimate of drug-likeness (QED) is 0.326. The van der Waals surface area contributed by atoms with Crippen LogP contribution >= 0.6 is 0 Å². The van der Waals surface area contributed by atoms with Gasteiger partial charge in [-0.2, -0.15) is 27.1 Å². The second-order valence-electron chi connectivity index (χ2n) is 5.97. The summed E-state index contributed by atoms with van der Waals surface area (Å²) >= 11 is 0. The zero-order chi connectivity index (χ0) is 19.4. The minimum absolute atomic E-state index is 0.366. The Bertz CT molecular complexity index is 729. The molecule has 0 spiro atoms. The Morgan fingerprint density at radius 3 is 2.38 bits per heavy atom. The van der Waals surface area contributed by atoms with Crippen molar-refractivity contribution < 1.29 is 26.7 Å². The van der Waals surface area contributed by atoms with Crippen molar-refractivity contribution in [2.24, 2.45) is 11.0 Å². The van der Waals surface area contributed by atoms with E-state index in [1.165, 1.54) is 12.1 Å². The van der Waals surface area contributed by atoms with E-state index in [9.17, 15) is 22.0 Å². The van der Waals surface area contributed by atoms with Gasteiger partial charge >= 0.3 is 12.3 Å². The maximum atomic E-state index is 12.8. The molecule has 0 radical (unpaired) electrons. The summed E-state index contributed by atoms with van der Waals surface area (Å²) in [6.45, 7) is 2.14. The molecule has 26 heavy (non-hydrogen) atoms. The molecule has 1 unspecified atom stereocenters. The lowest BCUT2D eigenvalue weighted by Crippen LogP contribution is -2.41. The smallest absolute Gasteiger partial charge is 0.426 e. The third kappa shape index (κ3) is 4.97. The minimum Gasteiger partial charge on any atom is -0.426 e. The van der Waals surface area contributed by atoms with E-state index in [1.54, 1.807) is 0 Å². The van der Waals surface area contributed by atoms with E-state index < -0.39 is 18.0 Å². The molecule has 3 nitrogen and oxygen atoms in total. The molecule has 0 aliphatic heterocycles. The fourth-order valence-electron chi connectivity index (χ4n) is 2.30. The molecule has 0 aromatic heterocycles. The Kier molecular flexibility index (Phi) is 5.90. The monoisotopic (exact) mass is 372 g/mol. The molecule has 1 aliphatic carbocycles. The van der Waals surface area contributed by atoms with Gasteiger partial charge in [0.1, 0.15) is 11.5 Å². The number of alkyl halides is 5. The van der Waals surface area contributed by atoms with Gasteiger partial charge in [-0.05, 0) is 60.9 Å². The van der Waals surface area contributed by atoms with Crippen molar-refractivity contribution in [2.45, 2.75) is 38.5 Å². The van der Waals surface area contributed by atoms with Gasteiger partial charge in [0.15, 0.2) is 0 Å². The summed E-state index contributed by atoms with van der Waals surface area (Å²) in [5, 5.41) is 4.10. The van der Waals surface area contributed by atoms with Crippen LogP contribution in [0.4, 0.5) is 27.6 Å². The number of nitrogens with zero attached hydrogens (tertiary/aromatic N) is 1. The first-order chi connectivity index (χ1) is 12.1. The van der Waals surface area contributed by atoms with Crippen molar-refractivity contribution in [2.75, 3.05) is 5.43 Å². The topological polar surface area (TPSA) is 33.6 Å². The van der Waals surface area contributed by atoms with Crippen molar-refractivity contribution >= 4 is 11.4 Å². The lowest BCUT2D eigenvalue weighted by molar-refractivity contribution is -0.360. The number of hydrazone groups is 1. The van der Waals surface area contributed by atoms with Crippen molar-refractivity contribution in [3.63, 3.8) is 0 Å². The fraction of sp³-hybridized carbons (Fsp3) is 0.389. The molecule has 0 amide bonds. The molecule has 0 saturated heterocycles. The van der Waals surface area contributed by atoms with Crippen molar-refractivity contribution in [3.05, 3.63) is 35.9 Å². The maximum Gasteiger partial charge on any atom is 0.499 e. The largest absolute Gasteiger partial charge is 0.499 e. The summed E-state index contributed by atoms with van der Waals surface area (Å²) in [6, 6.07) is 4.48. The number of nitrogens with one attached hydrogen (secondary N) is 1. The standard InChI is InChI=1S/C18H17F5N2O/c1-3-16(13-6-4-12(2)5-7-13)25-24-14-8-10-15(11-9-14)26-18(22,23)17(19,20)21/h1,6,8-12,24H,4-5,7H2,2H3/b25-16+. The highest BCUT2D eigenvalue weighted by atomic mass is 19.4. The highest BCUT2D eigenvalue weighted by Gasteiger charge is 2.61. The summed E-state index contributed by atoms with van der Waals surface area (Å²) in [6.07, 6.45) is -0.827. The van der Waals surface area contributed by atoms with Gasteiger partial charge in [-0.25, -0.2) is 0 Å². The molecule has 0 bridgehead atoms. The van der Waals surface area contributed by atoms with Gasteiger partial charge in [0, 0.05) is 0 Å². The zero-order valence-electron chi connectivity index (χ0n) is 13.9. The highest BCUT2D eigenvalue weighted by Crippen LogP contribution is 2.37. The van der Waals surface area contributed by atoms with Crippen LogP contribution in [0.15, 0.2) is 41.0 Å². The first-order valence-corrected chi connectivity index (χ1v) is 7.85. The Morgan fingerprint density at radius 2 is 1.88 bits per heavy atom. The molecule has 1 aromatic rings. The van der Waals surface area contributed by atoms with Gasteiger partial charge in [0.2, 0.25) is 0 Å². The highest BCUT2D eigenvalue weighted by molar-refractivity contribution is 6.12. The molecule has 0 fully saturated rings. The van der Waals surface area contributed by atoms with E-state index in [-0.39, 0.29) is 0 Å². The lowest BCUT2D eigenvalue weighted by Gasteiger charge is -2.20. The Morgan fingerprint density at radius 1 is 1.23 bits per heavy atom. The van der Waals surface area contributed by atoms with Crippen LogP contribution in [0, 0.1) is 18.3 Å². The van der Waals surface area contributed by atoms with Gasteiger partial charge in [-0.1, -0.05) is 13.0 Å². The summed E-state index contributed by atoms with van der Waals surface area (Å²) in [4.78, 5) is 0. The molecular formula is C18H17F5N2O. The van der Waals surface area contributed by atoms with Gasteiger partial charge < -0.3 is 4.74 Å². The molecule has 1 aliphatic rings. The fourth-order valence-corrected chi connectivity index (χ4v) is 2.30. The van der Waals surface area contributed by atoms with Gasteiger partial charge in [-0.3, -0.25) is 5.43 Å². The number of ether oxygens (including phenoxy) is 1. The Labute approximate surface area is 147 Å². The van der Waals surface area contributed by atoms with Crippen molar-refractivity contribution in [1.82, 2.24) is 0 Å². The molecule has 140 valence electrons. The molecule has 1 aromatic carbocycles. The van der Waals surface area contributed by atoms with Gasteiger partial charge in [0.25, 0.3) is 0 Å². The number of anilines is 1. The van der Waals surface area contributed by atoms with Crippen LogP contribution in [-0.2, 0) is 0 Å². The van der Waals surface area contributed by atoms with Crippen molar-refractivity contribution in [1.29, 1.82) is 0 Å². The zero-order valence-corrected chi connectivity index (χ0v) is 13.9. The van der Waals surface area contributed by atoms with Crippen LogP contribution in [0.25, 0.3) is 0 Å². The predicted molar refractivity (Wildman–Crippen MR) is 89.1 cm³/mol. The molecule has 1 atom stereocenters. The van der Waals surface area contributed by atoms with Crippen LogP contribution in [0.1, 0.15) is 26.2 Å². The van der Waals surface area contributed by atoms with E-state index in [0.29, 0.717) is 17.3 Å². The summed E-state index contributed by atoms with van der Waals surface area (Å²) < 4.78 is 65.7. The Hall–Kier alpha value is -2.56. The number of halogens is 5. The predicted octanol–water partition coefficient (Wildman–Crippen LogP) is 5.37. The van der Waals surface area contributed by atoms with E-state index in [1.807, 2.05) is 6.08 Å². The van der Waals surface area contributed by atoms with Gasteiger partial charge in [0.05, 0.1) is 5.69 Å². The average Bonchev–Trinajstić information content (AvgIpc) is 2.57. The average molecular weight is 372 g/mol. The molecule has 0 saturated carbocycles. The molecule has 8 heteroatoms. The third-order valence-electron chi connectivity index (χ3n) is 3.84. The van der Waals surface area contributed by atoms with Crippen LogP contribution in [-0.4, -0.2) is 18.0 Å². The molecule has 0 heterocycles. The number of rotatable bonds is 5. The Balaban J connectivity index is 2.04. The van der Waals surface area contributed by atoms with E-state index in [4.69, 9.17) is 6.42 Å². The second kappa shape index (κ2) is 7.77. The number of hydrogen-bond acceptors (Lipinski definition) is 3. The number of allylic oxidation sites excluding steroid dienone is 2. The van der Waals surface area contributed by atoms with E-state index >= 15 is 0 Å². The molecular weight excluding hydrogens is 355 g/mol. The number of hydrogen-bond donors (Lipinski definition) is 1.